The summed E-state index contributed by atoms with van der Waals surface area (Å²) in [6, 6.07) is 50.5. The van der Waals surface area contributed by atoms with Gasteiger partial charge in [0.1, 0.15) is 11.5 Å². The van der Waals surface area contributed by atoms with E-state index in [0.717, 1.165) is 74.4 Å². The van der Waals surface area contributed by atoms with Crippen molar-refractivity contribution in [2.24, 2.45) is 7.05 Å². The van der Waals surface area contributed by atoms with Crippen LogP contribution in [0.4, 0.5) is 17.1 Å². The van der Waals surface area contributed by atoms with Crippen molar-refractivity contribution < 1.29 is 0 Å². The van der Waals surface area contributed by atoms with Gasteiger partial charge < -0.3 is 14.4 Å². The largest absolute Gasteiger partial charge is 0.355 e. The Kier molecular flexibility index (Phi) is 6.11. The molecule has 0 bridgehead atoms. The fourth-order valence-corrected chi connectivity index (χ4v) is 8.58. The lowest BCUT2D eigenvalue weighted by Crippen LogP contribution is -2.24. The third-order valence-electron chi connectivity index (χ3n) is 11.1. The minimum Gasteiger partial charge on any atom is -0.355 e. The van der Waals surface area contributed by atoms with Crippen molar-refractivity contribution >= 4 is 50.0 Å². The number of benzene rings is 6. The molecule has 0 unspecified atom stereocenters. The Labute approximate surface area is 301 Å². The lowest BCUT2D eigenvalue weighted by Gasteiger charge is -2.20. The Hall–Kier alpha value is -6.66. The van der Waals surface area contributed by atoms with Crippen LogP contribution in [-0.2, 0) is 13.5 Å². The molecule has 9 aromatic rings. The van der Waals surface area contributed by atoms with E-state index in [2.05, 4.69) is 166 Å². The van der Waals surface area contributed by atoms with Crippen molar-refractivity contribution in [1.82, 2.24) is 19.1 Å². The number of para-hydroxylation sites is 4. The van der Waals surface area contributed by atoms with Crippen LogP contribution >= 0.6 is 0 Å². The summed E-state index contributed by atoms with van der Waals surface area (Å²) in [5.74, 6) is 0.943. The summed E-state index contributed by atoms with van der Waals surface area (Å²) in [6.07, 6.45) is 3.01. The number of pyridine rings is 1. The average Bonchev–Trinajstić information content (AvgIpc) is 3.93. The monoisotopic (exact) mass is 670 g/mol. The molecule has 3 aromatic heterocycles. The zero-order chi connectivity index (χ0) is 34.5. The quantitative estimate of drug-likeness (QED) is 0.187. The molecule has 6 nitrogen and oxygen atoms in total. The van der Waals surface area contributed by atoms with E-state index in [-0.39, 0.29) is 0 Å². The molecule has 1 aliphatic carbocycles. The SMILES string of the molecule is CN1CN(c2cccc(-n3c4cc(-c5nc6ccccc6n5C)ccc4c4cc(-c5ccc6c(c5)Cc5ccccc5-6)cnc43)c2)c2ccccc21. The van der Waals surface area contributed by atoms with E-state index in [9.17, 15) is 0 Å². The molecule has 52 heavy (non-hydrogen) atoms. The summed E-state index contributed by atoms with van der Waals surface area (Å²) in [7, 11) is 4.25. The molecule has 0 spiro atoms. The number of nitrogens with zero attached hydrogens (tertiary/aromatic N) is 6. The third kappa shape index (κ3) is 4.24. The van der Waals surface area contributed by atoms with E-state index in [0.29, 0.717) is 0 Å². The van der Waals surface area contributed by atoms with Crippen molar-refractivity contribution in [1.29, 1.82) is 0 Å². The summed E-state index contributed by atoms with van der Waals surface area (Å²) in [5.41, 5.74) is 17.7. The zero-order valence-corrected chi connectivity index (χ0v) is 29.0. The van der Waals surface area contributed by atoms with Crippen LogP contribution in [0.3, 0.4) is 0 Å². The molecule has 6 heteroatoms. The molecular formula is C46H34N6. The van der Waals surface area contributed by atoms with Crippen molar-refractivity contribution in [2.75, 3.05) is 23.5 Å². The van der Waals surface area contributed by atoms with Crippen LogP contribution < -0.4 is 9.80 Å². The maximum Gasteiger partial charge on any atom is 0.145 e. The number of anilines is 3. The summed E-state index contributed by atoms with van der Waals surface area (Å²) < 4.78 is 4.52. The number of aromatic nitrogens is 4. The second-order valence-electron chi connectivity index (χ2n) is 14.1. The zero-order valence-electron chi connectivity index (χ0n) is 29.0. The summed E-state index contributed by atoms with van der Waals surface area (Å²) >= 11 is 0. The number of hydrogen-bond donors (Lipinski definition) is 0. The Morgan fingerprint density at radius 2 is 1.35 bits per heavy atom. The lowest BCUT2D eigenvalue weighted by molar-refractivity contribution is 0.948. The van der Waals surface area contributed by atoms with Gasteiger partial charge in [-0.3, -0.25) is 4.57 Å². The summed E-state index contributed by atoms with van der Waals surface area (Å²) in [6.45, 7) is 0.792. The van der Waals surface area contributed by atoms with Crippen molar-refractivity contribution in [3.63, 3.8) is 0 Å². The Balaban J connectivity index is 1.10. The number of fused-ring (bicyclic) bond motifs is 8. The molecule has 0 amide bonds. The van der Waals surface area contributed by atoms with Gasteiger partial charge in [0.25, 0.3) is 0 Å². The molecular weight excluding hydrogens is 637 g/mol. The molecule has 4 heterocycles. The third-order valence-corrected chi connectivity index (χ3v) is 11.1. The van der Waals surface area contributed by atoms with Crippen LogP contribution in [0.15, 0.2) is 146 Å². The molecule has 0 radical (unpaired) electrons. The van der Waals surface area contributed by atoms with Gasteiger partial charge in [0.05, 0.1) is 34.6 Å². The summed E-state index contributed by atoms with van der Waals surface area (Å²) in [5, 5.41) is 2.29. The van der Waals surface area contributed by atoms with Gasteiger partial charge in [-0.1, -0.05) is 84.9 Å². The normalized spacial score (nSPS) is 13.3. The number of imidazole rings is 1. The first kappa shape index (κ1) is 29.1. The molecule has 6 aromatic carbocycles. The molecule has 0 atom stereocenters. The summed E-state index contributed by atoms with van der Waals surface area (Å²) in [4.78, 5) is 15.0. The van der Waals surface area contributed by atoms with Crippen LogP contribution in [0.25, 0.3) is 72.3 Å². The van der Waals surface area contributed by atoms with E-state index >= 15 is 0 Å². The standard InChI is InChI=1S/C46H34N6/c1-49-28-51(43-17-8-7-16-42(43)49)34-11-9-12-35(26-34)52-44-25-31(45-48-40-14-5-6-15-41(40)50(45)2)19-21-38(44)39-24-33(27-47-46(39)52)29-18-20-37-32(22-29)23-30-10-3-4-13-36(30)37/h3-22,24-27H,23,28H2,1-2H3. The first-order chi connectivity index (χ1) is 25.6. The van der Waals surface area contributed by atoms with Gasteiger partial charge in [0.15, 0.2) is 0 Å². The highest BCUT2D eigenvalue weighted by molar-refractivity contribution is 6.10. The molecule has 0 fully saturated rings. The maximum absolute atomic E-state index is 5.25. The molecule has 11 rings (SSSR count). The maximum atomic E-state index is 5.25. The highest BCUT2D eigenvalue weighted by Crippen LogP contribution is 2.43. The van der Waals surface area contributed by atoms with Gasteiger partial charge in [0.2, 0.25) is 0 Å². The molecule has 0 N–H and O–H groups in total. The van der Waals surface area contributed by atoms with Crippen LogP contribution in [0.1, 0.15) is 11.1 Å². The van der Waals surface area contributed by atoms with Crippen molar-refractivity contribution in [3.8, 4) is 39.3 Å². The van der Waals surface area contributed by atoms with Gasteiger partial charge >= 0.3 is 0 Å². The fourth-order valence-electron chi connectivity index (χ4n) is 8.58. The highest BCUT2D eigenvalue weighted by Gasteiger charge is 2.25. The topological polar surface area (TPSA) is 42.1 Å². The second-order valence-corrected chi connectivity index (χ2v) is 14.1. The average molecular weight is 671 g/mol. The van der Waals surface area contributed by atoms with E-state index in [1.54, 1.807) is 0 Å². The highest BCUT2D eigenvalue weighted by atomic mass is 15.4. The molecule has 2 aliphatic rings. The van der Waals surface area contributed by atoms with Crippen LogP contribution in [0.5, 0.6) is 0 Å². The van der Waals surface area contributed by atoms with Gasteiger partial charge in [-0.2, -0.15) is 0 Å². The molecule has 248 valence electrons. The Morgan fingerprint density at radius 3 is 2.27 bits per heavy atom. The Bertz CT molecular complexity index is 2910. The first-order valence-corrected chi connectivity index (χ1v) is 17.8. The van der Waals surface area contributed by atoms with Crippen LogP contribution in [-0.4, -0.2) is 32.8 Å². The van der Waals surface area contributed by atoms with Gasteiger partial charge in [-0.25, -0.2) is 9.97 Å². The Morgan fingerprint density at radius 1 is 0.558 bits per heavy atom. The van der Waals surface area contributed by atoms with E-state index in [4.69, 9.17) is 9.97 Å². The van der Waals surface area contributed by atoms with Crippen LogP contribution in [0.2, 0.25) is 0 Å². The van der Waals surface area contributed by atoms with E-state index in [1.165, 1.54) is 39.2 Å². The molecule has 0 saturated heterocycles. The first-order valence-electron chi connectivity index (χ1n) is 17.8. The number of hydrogen-bond acceptors (Lipinski definition) is 4. The minimum atomic E-state index is 0.792. The predicted octanol–water partition coefficient (Wildman–Crippen LogP) is 10.5. The van der Waals surface area contributed by atoms with E-state index < -0.39 is 0 Å². The van der Waals surface area contributed by atoms with Crippen molar-refractivity contribution in [3.05, 3.63) is 157 Å². The van der Waals surface area contributed by atoms with Gasteiger partial charge in [-0.15, -0.1) is 0 Å². The second kappa shape index (κ2) is 10.9. The van der Waals surface area contributed by atoms with Gasteiger partial charge in [-0.05, 0) is 88.8 Å². The van der Waals surface area contributed by atoms with Crippen LogP contribution in [0, 0.1) is 0 Å². The van der Waals surface area contributed by atoms with Crippen molar-refractivity contribution in [2.45, 2.75) is 6.42 Å². The molecule has 0 saturated carbocycles. The smallest absolute Gasteiger partial charge is 0.145 e. The van der Waals surface area contributed by atoms with E-state index in [1.807, 2.05) is 12.3 Å². The fraction of sp³-hybridized carbons (Fsp3) is 0.0870. The predicted molar refractivity (Wildman–Crippen MR) is 214 cm³/mol. The van der Waals surface area contributed by atoms with Gasteiger partial charge in [0, 0.05) is 53.6 Å². The number of rotatable bonds is 4. The number of aryl methyl sites for hydroxylation is 1. The minimum absolute atomic E-state index is 0.792. The molecule has 1 aliphatic heterocycles. The lowest BCUT2D eigenvalue weighted by atomic mass is 9.99.